The number of imidazole rings is 1. The van der Waals surface area contributed by atoms with Crippen LogP contribution in [0.25, 0.3) is 17.3 Å². The van der Waals surface area contributed by atoms with Gasteiger partial charge in [0.25, 0.3) is 5.91 Å². The Balaban J connectivity index is 1.49. The summed E-state index contributed by atoms with van der Waals surface area (Å²) in [5.41, 5.74) is 0.874. The highest BCUT2D eigenvalue weighted by Gasteiger charge is 2.13. The number of furan rings is 1. The third-order valence-corrected chi connectivity index (χ3v) is 4.21. The van der Waals surface area contributed by atoms with Crippen molar-refractivity contribution in [3.05, 3.63) is 59.8 Å². The SMILES string of the molecule is Cc1nccn1-c1ccc(C(=O)Nc2nc(-c3ccco3)cs2)nn1. The molecule has 0 unspecified atom stereocenters. The van der Waals surface area contributed by atoms with Crippen molar-refractivity contribution in [2.24, 2.45) is 0 Å². The van der Waals surface area contributed by atoms with Gasteiger partial charge in [0, 0.05) is 17.8 Å². The first-order valence-electron chi connectivity index (χ1n) is 7.35. The number of hydrogen-bond acceptors (Lipinski definition) is 7. The molecular formula is C16H12N6O2S. The average molecular weight is 352 g/mol. The van der Waals surface area contributed by atoms with E-state index >= 15 is 0 Å². The molecule has 0 spiro atoms. The zero-order chi connectivity index (χ0) is 17.2. The van der Waals surface area contributed by atoms with Crippen LogP contribution in [-0.2, 0) is 0 Å². The van der Waals surface area contributed by atoms with Gasteiger partial charge < -0.3 is 4.42 Å². The van der Waals surface area contributed by atoms with Crippen LogP contribution in [0, 0.1) is 6.92 Å². The van der Waals surface area contributed by atoms with Crippen LogP contribution in [0.15, 0.2) is 52.7 Å². The van der Waals surface area contributed by atoms with E-state index < -0.39 is 0 Å². The van der Waals surface area contributed by atoms with Gasteiger partial charge in [-0.3, -0.25) is 14.7 Å². The van der Waals surface area contributed by atoms with E-state index in [1.54, 1.807) is 41.4 Å². The Bertz CT molecular complexity index is 1000. The van der Waals surface area contributed by atoms with E-state index in [0.29, 0.717) is 22.4 Å². The number of anilines is 1. The standard InChI is InChI=1S/C16H12N6O2S/c1-10-17-6-7-22(10)14-5-4-11(20-21-14)15(23)19-16-18-12(9-25-16)13-3-2-8-24-13/h2-9H,1H3,(H,18,19,23). The van der Waals surface area contributed by atoms with Gasteiger partial charge in [0.2, 0.25) is 0 Å². The van der Waals surface area contributed by atoms with Crippen molar-refractivity contribution in [1.29, 1.82) is 0 Å². The molecule has 124 valence electrons. The number of hydrogen-bond donors (Lipinski definition) is 1. The second-order valence-electron chi connectivity index (χ2n) is 5.09. The van der Waals surface area contributed by atoms with Gasteiger partial charge >= 0.3 is 0 Å². The predicted molar refractivity (Wildman–Crippen MR) is 91.7 cm³/mol. The van der Waals surface area contributed by atoms with Gasteiger partial charge in [-0.05, 0) is 31.2 Å². The Labute approximate surface area is 146 Å². The fourth-order valence-corrected chi connectivity index (χ4v) is 2.92. The molecule has 0 aromatic carbocycles. The molecule has 25 heavy (non-hydrogen) atoms. The van der Waals surface area contributed by atoms with Crippen LogP contribution < -0.4 is 5.32 Å². The lowest BCUT2D eigenvalue weighted by molar-refractivity contribution is 0.102. The molecule has 0 aliphatic carbocycles. The molecule has 0 bridgehead atoms. The zero-order valence-electron chi connectivity index (χ0n) is 13.1. The number of carbonyl (C=O) groups excluding carboxylic acids is 1. The first-order chi connectivity index (χ1) is 12.2. The number of nitrogens with one attached hydrogen (secondary N) is 1. The number of rotatable bonds is 4. The van der Waals surface area contributed by atoms with Gasteiger partial charge in [0.05, 0.1) is 6.26 Å². The fourth-order valence-electron chi connectivity index (χ4n) is 2.22. The van der Waals surface area contributed by atoms with E-state index in [2.05, 4.69) is 25.5 Å². The topological polar surface area (TPSA) is 98.7 Å². The molecule has 4 rings (SSSR count). The Morgan fingerprint density at radius 1 is 1.28 bits per heavy atom. The maximum atomic E-state index is 12.3. The van der Waals surface area contributed by atoms with Gasteiger partial charge in [0.1, 0.15) is 11.5 Å². The Morgan fingerprint density at radius 2 is 2.20 bits per heavy atom. The summed E-state index contributed by atoms with van der Waals surface area (Å²) in [6.45, 7) is 1.86. The summed E-state index contributed by atoms with van der Waals surface area (Å²) < 4.78 is 7.07. The number of aryl methyl sites for hydroxylation is 1. The molecule has 0 fully saturated rings. The van der Waals surface area contributed by atoms with E-state index in [1.165, 1.54) is 11.3 Å². The summed E-state index contributed by atoms with van der Waals surface area (Å²) in [5.74, 6) is 1.67. The molecule has 0 atom stereocenters. The van der Waals surface area contributed by atoms with Crippen molar-refractivity contribution in [1.82, 2.24) is 24.7 Å². The van der Waals surface area contributed by atoms with Crippen molar-refractivity contribution in [3.8, 4) is 17.3 Å². The van der Waals surface area contributed by atoms with E-state index in [1.807, 2.05) is 18.4 Å². The highest BCUT2D eigenvalue weighted by atomic mass is 32.1. The molecule has 4 heterocycles. The monoisotopic (exact) mass is 352 g/mol. The molecule has 0 aliphatic rings. The van der Waals surface area contributed by atoms with Gasteiger partial charge in [-0.2, -0.15) is 0 Å². The third kappa shape index (κ3) is 3.04. The maximum Gasteiger partial charge on any atom is 0.277 e. The molecule has 4 aromatic heterocycles. The average Bonchev–Trinajstić information content (AvgIpc) is 3.36. The van der Waals surface area contributed by atoms with Crippen LogP contribution in [0.3, 0.4) is 0 Å². The normalized spacial score (nSPS) is 10.8. The van der Waals surface area contributed by atoms with Gasteiger partial charge in [0.15, 0.2) is 22.4 Å². The fraction of sp³-hybridized carbons (Fsp3) is 0.0625. The maximum absolute atomic E-state index is 12.3. The lowest BCUT2D eigenvalue weighted by Crippen LogP contribution is -2.15. The van der Waals surface area contributed by atoms with E-state index in [-0.39, 0.29) is 11.6 Å². The first kappa shape index (κ1) is 15.2. The lowest BCUT2D eigenvalue weighted by atomic mass is 10.3. The molecule has 1 amide bonds. The minimum absolute atomic E-state index is 0.205. The van der Waals surface area contributed by atoms with Crippen LogP contribution in [0.5, 0.6) is 0 Å². The number of thiazole rings is 1. The minimum atomic E-state index is -0.373. The van der Waals surface area contributed by atoms with Crippen LogP contribution >= 0.6 is 11.3 Å². The molecule has 0 aliphatic heterocycles. The van der Waals surface area contributed by atoms with Gasteiger partial charge in [-0.1, -0.05) is 0 Å². The number of amides is 1. The summed E-state index contributed by atoms with van der Waals surface area (Å²) in [7, 11) is 0. The van der Waals surface area contributed by atoms with Crippen LogP contribution in [0.2, 0.25) is 0 Å². The van der Waals surface area contributed by atoms with Crippen LogP contribution in [-0.4, -0.2) is 30.6 Å². The Hall–Kier alpha value is -3.33. The van der Waals surface area contributed by atoms with Gasteiger partial charge in [-0.25, -0.2) is 9.97 Å². The summed E-state index contributed by atoms with van der Waals surface area (Å²) in [4.78, 5) is 20.7. The molecule has 9 heteroatoms. The molecular weight excluding hydrogens is 340 g/mol. The van der Waals surface area contributed by atoms with Crippen LogP contribution in [0.1, 0.15) is 16.3 Å². The smallest absolute Gasteiger partial charge is 0.277 e. The van der Waals surface area contributed by atoms with E-state index in [9.17, 15) is 4.79 Å². The molecule has 0 radical (unpaired) electrons. The predicted octanol–water partition coefficient (Wildman–Crippen LogP) is 2.94. The largest absolute Gasteiger partial charge is 0.463 e. The minimum Gasteiger partial charge on any atom is -0.463 e. The quantitative estimate of drug-likeness (QED) is 0.606. The number of nitrogens with zero attached hydrogens (tertiary/aromatic N) is 5. The first-order valence-corrected chi connectivity index (χ1v) is 8.23. The second kappa shape index (κ2) is 6.29. The lowest BCUT2D eigenvalue weighted by Gasteiger charge is -2.04. The van der Waals surface area contributed by atoms with Gasteiger partial charge in [-0.15, -0.1) is 21.5 Å². The summed E-state index contributed by atoms with van der Waals surface area (Å²) in [5, 5.41) is 13.0. The number of aromatic nitrogens is 5. The van der Waals surface area contributed by atoms with Crippen molar-refractivity contribution in [2.75, 3.05) is 5.32 Å². The Kier molecular flexibility index (Phi) is 3.82. The molecule has 1 N–H and O–H groups in total. The summed E-state index contributed by atoms with van der Waals surface area (Å²) >= 11 is 1.31. The Morgan fingerprint density at radius 3 is 2.88 bits per heavy atom. The summed E-state index contributed by atoms with van der Waals surface area (Å²) in [6.07, 6.45) is 5.04. The molecule has 4 aromatic rings. The highest BCUT2D eigenvalue weighted by molar-refractivity contribution is 7.14. The second-order valence-corrected chi connectivity index (χ2v) is 5.95. The number of carbonyl (C=O) groups is 1. The van der Waals surface area contributed by atoms with E-state index in [4.69, 9.17) is 4.42 Å². The molecule has 8 nitrogen and oxygen atoms in total. The van der Waals surface area contributed by atoms with Crippen molar-refractivity contribution < 1.29 is 9.21 Å². The van der Waals surface area contributed by atoms with Crippen molar-refractivity contribution >= 4 is 22.4 Å². The van der Waals surface area contributed by atoms with Crippen molar-refractivity contribution in [3.63, 3.8) is 0 Å². The molecule has 0 saturated heterocycles. The summed E-state index contributed by atoms with van der Waals surface area (Å²) in [6, 6.07) is 6.92. The third-order valence-electron chi connectivity index (χ3n) is 3.45. The van der Waals surface area contributed by atoms with E-state index in [0.717, 1.165) is 5.82 Å². The van der Waals surface area contributed by atoms with Crippen molar-refractivity contribution in [2.45, 2.75) is 6.92 Å². The molecule has 0 saturated carbocycles. The zero-order valence-corrected chi connectivity index (χ0v) is 13.9. The van der Waals surface area contributed by atoms with Crippen LogP contribution in [0.4, 0.5) is 5.13 Å². The highest BCUT2D eigenvalue weighted by Crippen LogP contribution is 2.25.